The first kappa shape index (κ1) is 14.8. The summed E-state index contributed by atoms with van der Waals surface area (Å²) in [5.74, 6) is -1.62. The summed E-state index contributed by atoms with van der Waals surface area (Å²) < 4.78 is 43.5. The molecular weight excluding hydrogens is 320 g/mol. The van der Waals surface area contributed by atoms with Crippen LogP contribution in [0.3, 0.4) is 0 Å². The number of hydrogen-bond donors (Lipinski definition) is 1. The Morgan fingerprint density at radius 1 is 1.35 bits per heavy atom. The zero-order valence-electron chi connectivity index (χ0n) is 9.87. The van der Waals surface area contributed by atoms with Crippen molar-refractivity contribution in [2.75, 3.05) is 0 Å². The van der Waals surface area contributed by atoms with Crippen molar-refractivity contribution in [1.29, 1.82) is 0 Å². The van der Waals surface area contributed by atoms with Gasteiger partial charge in [0.2, 0.25) is 5.88 Å². The molecule has 4 nitrogen and oxygen atoms in total. The minimum atomic E-state index is -3.10. The highest BCUT2D eigenvalue weighted by molar-refractivity contribution is 6.34. The number of aryl methyl sites for hydroxylation is 1. The fraction of sp³-hybridized carbons (Fsp3) is 0.182. The molecule has 1 N–H and O–H groups in total. The molecule has 0 unspecified atom stereocenters. The quantitative estimate of drug-likeness (QED) is 0.932. The Morgan fingerprint density at radius 2 is 2.00 bits per heavy atom. The number of nitrogens with zero attached hydrogens (tertiary/aromatic N) is 2. The van der Waals surface area contributed by atoms with E-state index in [1.165, 1.54) is 7.05 Å². The van der Waals surface area contributed by atoms with Crippen molar-refractivity contribution in [2.45, 2.75) is 6.61 Å². The van der Waals surface area contributed by atoms with Crippen LogP contribution in [-0.4, -0.2) is 21.5 Å². The van der Waals surface area contributed by atoms with Crippen LogP contribution in [0.5, 0.6) is 11.6 Å². The summed E-state index contributed by atoms with van der Waals surface area (Å²) >= 11 is 11.4. The van der Waals surface area contributed by atoms with E-state index in [2.05, 4.69) is 9.84 Å². The molecular formula is C11H7Cl2F3N2O2. The number of benzene rings is 1. The maximum absolute atomic E-state index is 13.9. The molecule has 1 aromatic heterocycles. The Hall–Kier alpha value is -1.60. The largest absolute Gasteiger partial charge is 0.508 e. The van der Waals surface area contributed by atoms with Crippen LogP contribution in [-0.2, 0) is 7.05 Å². The molecule has 2 aromatic rings. The minimum absolute atomic E-state index is 0.167. The molecule has 0 fully saturated rings. The monoisotopic (exact) mass is 326 g/mol. The smallest absolute Gasteiger partial charge is 0.388 e. The Bertz CT molecular complexity index is 662. The summed E-state index contributed by atoms with van der Waals surface area (Å²) in [5.41, 5.74) is -0.389. The summed E-state index contributed by atoms with van der Waals surface area (Å²) in [6.07, 6.45) is 0. The third-order valence-corrected chi connectivity index (χ3v) is 3.02. The first-order valence-corrected chi connectivity index (χ1v) is 5.92. The van der Waals surface area contributed by atoms with Crippen molar-refractivity contribution in [2.24, 2.45) is 7.05 Å². The van der Waals surface area contributed by atoms with E-state index in [0.717, 1.165) is 16.8 Å². The zero-order valence-corrected chi connectivity index (χ0v) is 11.4. The topological polar surface area (TPSA) is 47.3 Å². The second-order valence-electron chi connectivity index (χ2n) is 3.76. The Balaban J connectivity index is 2.60. The lowest BCUT2D eigenvalue weighted by molar-refractivity contribution is -0.0552. The molecule has 108 valence electrons. The van der Waals surface area contributed by atoms with E-state index in [-0.39, 0.29) is 27.1 Å². The molecule has 0 atom stereocenters. The first-order chi connectivity index (χ1) is 9.31. The van der Waals surface area contributed by atoms with Gasteiger partial charge in [0.25, 0.3) is 0 Å². The van der Waals surface area contributed by atoms with Gasteiger partial charge >= 0.3 is 6.61 Å². The number of halogens is 5. The molecule has 0 saturated carbocycles. The lowest BCUT2D eigenvalue weighted by atomic mass is 10.1. The van der Waals surface area contributed by atoms with Gasteiger partial charge in [-0.05, 0) is 6.07 Å². The lowest BCUT2D eigenvalue weighted by Crippen LogP contribution is -2.06. The molecule has 0 aliphatic heterocycles. The number of ether oxygens (including phenoxy) is 1. The average molecular weight is 327 g/mol. The highest BCUT2D eigenvalue weighted by Gasteiger charge is 2.23. The molecule has 0 amide bonds. The molecule has 20 heavy (non-hydrogen) atoms. The van der Waals surface area contributed by atoms with E-state index in [9.17, 15) is 18.3 Å². The Morgan fingerprint density at radius 3 is 2.60 bits per heavy atom. The van der Waals surface area contributed by atoms with Gasteiger partial charge in [-0.1, -0.05) is 23.2 Å². The molecule has 1 aromatic carbocycles. The van der Waals surface area contributed by atoms with E-state index < -0.39 is 18.3 Å². The maximum Gasteiger partial charge on any atom is 0.388 e. The standard InChI is InChI=1S/C11H7Cl2F3N2O2/c1-18-10(20-11(15)16)7(13)9(17-18)5-2-4(19)3-6(12)8(5)14/h2-3,11,19H,1H3. The highest BCUT2D eigenvalue weighted by Crippen LogP contribution is 2.39. The number of aromatic hydroxyl groups is 1. The first-order valence-electron chi connectivity index (χ1n) is 5.17. The molecule has 0 aliphatic carbocycles. The summed E-state index contributed by atoms with van der Waals surface area (Å²) in [6, 6.07) is 2.02. The van der Waals surface area contributed by atoms with Crippen LogP contribution in [0.25, 0.3) is 11.3 Å². The van der Waals surface area contributed by atoms with Crippen LogP contribution in [0.15, 0.2) is 12.1 Å². The highest BCUT2D eigenvalue weighted by atomic mass is 35.5. The predicted octanol–water partition coefficient (Wildman–Crippen LogP) is 3.84. The molecule has 0 aliphatic rings. The zero-order chi connectivity index (χ0) is 15.0. The Kier molecular flexibility index (Phi) is 4.01. The third kappa shape index (κ3) is 2.64. The van der Waals surface area contributed by atoms with Crippen molar-refractivity contribution in [3.8, 4) is 22.9 Å². The Labute approximate surface area is 121 Å². The van der Waals surface area contributed by atoms with Gasteiger partial charge in [0.05, 0.1) is 5.02 Å². The normalized spacial score (nSPS) is 11.2. The molecule has 2 rings (SSSR count). The molecule has 9 heteroatoms. The van der Waals surface area contributed by atoms with E-state index in [0.29, 0.717) is 0 Å². The minimum Gasteiger partial charge on any atom is -0.508 e. The van der Waals surface area contributed by atoms with Gasteiger partial charge in [-0.15, -0.1) is 0 Å². The van der Waals surface area contributed by atoms with Crippen molar-refractivity contribution in [3.63, 3.8) is 0 Å². The number of aromatic nitrogens is 2. The summed E-state index contributed by atoms with van der Waals surface area (Å²) in [7, 11) is 1.30. The van der Waals surface area contributed by atoms with Crippen LogP contribution in [0.2, 0.25) is 10.0 Å². The number of hydrogen-bond acceptors (Lipinski definition) is 3. The SMILES string of the molecule is Cn1nc(-c2cc(O)cc(Cl)c2F)c(Cl)c1OC(F)F. The fourth-order valence-electron chi connectivity index (χ4n) is 1.61. The molecule has 0 spiro atoms. The summed E-state index contributed by atoms with van der Waals surface area (Å²) in [6.45, 7) is -3.10. The number of alkyl halides is 2. The summed E-state index contributed by atoms with van der Waals surface area (Å²) in [5, 5.41) is 12.5. The van der Waals surface area contributed by atoms with Gasteiger partial charge in [0, 0.05) is 18.7 Å². The van der Waals surface area contributed by atoms with Crippen molar-refractivity contribution < 1.29 is 23.0 Å². The van der Waals surface area contributed by atoms with Crippen LogP contribution in [0, 0.1) is 5.82 Å². The van der Waals surface area contributed by atoms with Crippen LogP contribution in [0.4, 0.5) is 13.2 Å². The van der Waals surface area contributed by atoms with Crippen LogP contribution in [0.1, 0.15) is 0 Å². The molecule has 0 bridgehead atoms. The number of phenols is 1. The molecule has 1 heterocycles. The molecule has 0 saturated heterocycles. The van der Waals surface area contributed by atoms with E-state index in [1.807, 2.05) is 0 Å². The maximum atomic E-state index is 13.9. The predicted molar refractivity (Wildman–Crippen MR) is 66.9 cm³/mol. The van der Waals surface area contributed by atoms with Gasteiger partial charge in [-0.25, -0.2) is 9.07 Å². The van der Waals surface area contributed by atoms with Crippen molar-refractivity contribution in [3.05, 3.63) is 28.0 Å². The van der Waals surface area contributed by atoms with Gasteiger partial charge in [-0.3, -0.25) is 0 Å². The molecule has 0 radical (unpaired) electrons. The van der Waals surface area contributed by atoms with Crippen molar-refractivity contribution >= 4 is 23.2 Å². The van der Waals surface area contributed by atoms with E-state index in [4.69, 9.17) is 23.2 Å². The lowest BCUT2D eigenvalue weighted by Gasteiger charge is -2.04. The van der Waals surface area contributed by atoms with Crippen LogP contribution < -0.4 is 4.74 Å². The van der Waals surface area contributed by atoms with Gasteiger partial charge < -0.3 is 9.84 Å². The second-order valence-corrected chi connectivity index (χ2v) is 4.54. The third-order valence-electron chi connectivity index (χ3n) is 2.41. The van der Waals surface area contributed by atoms with Crippen molar-refractivity contribution in [1.82, 2.24) is 9.78 Å². The van der Waals surface area contributed by atoms with Gasteiger partial charge in [0.15, 0.2) is 5.82 Å². The fourth-order valence-corrected chi connectivity index (χ4v) is 2.13. The van der Waals surface area contributed by atoms with E-state index in [1.54, 1.807) is 0 Å². The van der Waals surface area contributed by atoms with E-state index >= 15 is 0 Å². The average Bonchev–Trinajstić information content (AvgIpc) is 2.61. The summed E-state index contributed by atoms with van der Waals surface area (Å²) in [4.78, 5) is 0. The van der Waals surface area contributed by atoms with Crippen LogP contribution >= 0.6 is 23.2 Å². The number of phenolic OH excluding ortho intramolecular Hbond substituents is 1. The second kappa shape index (κ2) is 5.41. The number of rotatable bonds is 3. The van der Waals surface area contributed by atoms with Gasteiger partial charge in [0.1, 0.15) is 16.5 Å². The van der Waals surface area contributed by atoms with Gasteiger partial charge in [-0.2, -0.15) is 13.9 Å².